The first-order chi connectivity index (χ1) is 14.0. The molecule has 158 valence electrons. The Hall–Kier alpha value is -2.38. The smallest absolute Gasteiger partial charge is 0.203 e. The molecule has 3 rings (SSSR count). The van der Waals surface area contributed by atoms with Crippen molar-refractivity contribution in [2.75, 3.05) is 47.5 Å². The number of hydrogen-bond donors (Lipinski definition) is 0. The highest BCUT2D eigenvalue weighted by molar-refractivity contribution is 5.55. The average molecular weight is 406 g/mol. The second-order valence-corrected chi connectivity index (χ2v) is 7.12. The second kappa shape index (κ2) is 9.41. The highest BCUT2D eigenvalue weighted by Gasteiger charge is 2.27. The molecule has 0 saturated carbocycles. The van der Waals surface area contributed by atoms with Gasteiger partial charge in [0.05, 0.1) is 21.3 Å². The Morgan fingerprint density at radius 1 is 0.862 bits per heavy atom. The summed E-state index contributed by atoms with van der Waals surface area (Å²) in [5.41, 5.74) is 1.15. The lowest BCUT2D eigenvalue weighted by Crippen LogP contribution is -2.46. The van der Waals surface area contributed by atoms with Crippen LogP contribution in [-0.4, -0.2) is 57.3 Å². The topological polar surface area (TPSA) is 34.2 Å². The monoisotopic (exact) mass is 406 g/mol. The number of ether oxygens (including phenoxy) is 3. The molecule has 0 radical (unpaired) electrons. The summed E-state index contributed by atoms with van der Waals surface area (Å²) in [4.78, 5) is 4.41. The lowest BCUT2D eigenvalue weighted by atomic mass is 10.0. The molecule has 2 aromatic carbocycles. The minimum Gasteiger partial charge on any atom is -0.493 e. The van der Waals surface area contributed by atoms with E-state index < -0.39 is 11.6 Å². The molecule has 7 heteroatoms. The summed E-state index contributed by atoms with van der Waals surface area (Å²) in [6, 6.07) is 7.56. The molecule has 1 aliphatic heterocycles. The number of piperazine rings is 1. The van der Waals surface area contributed by atoms with E-state index in [0.29, 0.717) is 23.8 Å². The van der Waals surface area contributed by atoms with Crippen molar-refractivity contribution in [3.05, 3.63) is 53.1 Å². The van der Waals surface area contributed by atoms with E-state index in [9.17, 15) is 8.78 Å². The minimum atomic E-state index is -0.491. The van der Waals surface area contributed by atoms with Gasteiger partial charge in [-0.25, -0.2) is 8.78 Å². The van der Waals surface area contributed by atoms with Crippen molar-refractivity contribution < 1.29 is 23.0 Å². The summed E-state index contributed by atoms with van der Waals surface area (Å²) in [7, 11) is 4.80. The van der Waals surface area contributed by atoms with Crippen molar-refractivity contribution in [3.63, 3.8) is 0 Å². The lowest BCUT2D eigenvalue weighted by Gasteiger charge is -2.38. The van der Waals surface area contributed by atoms with E-state index >= 15 is 0 Å². The SMILES string of the molecule is COc1ccc(CN2CCN(C(C)c3c(F)cccc3F)CC2)c(OC)c1OC. The molecule has 1 saturated heterocycles. The maximum absolute atomic E-state index is 14.1. The van der Waals surface area contributed by atoms with Gasteiger partial charge in [-0.05, 0) is 25.1 Å². The minimum absolute atomic E-state index is 0.141. The van der Waals surface area contributed by atoms with Crippen LogP contribution in [-0.2, 0) is 6.54 Å². The number of hydrogen-bond acceptors (Lipinski definition) is 5. The molecule has 5 nitrogen and oxygen atoms in total. The maximum Gasteiger partial charge on any atom is 0.203 e. The van der Waals surface area contributed by atoms with Crippen LogP contribution in [0.2, 0.25) is 0 Å². The van der Waals surface area contributed by atoms with Gasteiger partial charge in [0.2, 0.25) is 5.75 Å². The lowest BCUT2D eigenvalue weighted by molar-refractivity contribution is 0.0944. The molecule has 0 spiro atoms. The predicted molar refractivity (Wildman–Crippen MR) is 108 cm³/mol. The van der Waals surface area contributed by atoms with Crippen molar-refractivity contribution >= 4 is 0 Å². The quantitative estimate of drug-likeness (QED) is 0.697. The number of halogens is 2. The molecule has 29 heavy (non-hydrogen) atoms. The van der Waals surface area contributed by atoms with Crippen molar-refractivity contribution in [1.82, 2.24) is 9.80 Å². The highest BCUT2D eigenvalue weighted by Crippen LogP contribution is 2.40. The Bertz CT molecular complexity index is 819. The molecule has 1 aliphatic rings. The van der Waals surface area contributed by atoms with E-state index in [1.54, 1.807) is 21.3 Å². The molecular weight excluding hydrogens is 378 g/mol. The first kappa shape index (κ1) is 21.3. The van der Waals surface area contributed by atoms with Gasteiger partial charge < -0.3 is 14.2 Å². The summed E-state index contributed by atoms with van der Waals surface area (Å²) in [5.74, 6) is 0.884. The van der Waals surface area contributed by atoms with Crippen molar-refractivity contribution in [2.45, 2.75) is 19.5 Å². The molecule has 0 aliphatic carbocycles. The van der Waals surface area contributed by atoms with Gasteiger partial charge in [-0.3, -0.25) is 9.80 Å². The fourth-order valence-corrected chi connectivity index (χ4v) is 3.93. The van der Waals surface area contributed by atoms with E-state index in [1.165, 1.54) is 18.2 Å². The maximum atomic E-state index is 14.1. The standard InChI is InChI=1S/C22H28F2N2O3/c1-15(20-17(23)6-5-7-18(20)24)26-12-10-25(11-13-26)14-16-8-9-19(27-2)22(29-4)21(16)28-3/h5-9,15H,10-14H2,1-4H3. The van der Waals surface area contributed by atoms with Gasteiger partial charge in [-0.15, -0.1) is 0 Å². The van der Waals surface area contributed by atoms with Gasteiger partial charge in [0, 0.05) is 49.9 Å². The first-order valence-electron chi connectivity index (χ1n) is 9.68. The van der Waals surface area contributed by atoms with Crippen LogP contribution in [0.5, 0.6) is 17.2 Å². The van der Waals surface area contributed by atoms with Crippen LogP contribution in [0.3, 0.4) is 0 Å². The van der Waals surface area contributed by atoms with E-state index in [4.69, 9.17) is 14.2 Å². The predicted octanol–water partition coefficient (Wildman–Crippen LogP) is 3.87. The van der Waals surface area contributed by atoms with E-state index in [1.807, 2.05) is 19.1 Å². The molecule has 1 atom stereocenters. The van der Waals surface area contributed by atoms with Crippen molar-refractivity contribution in [1.29, 1.82) is 0 Å². The van der Waals surface area contributed by atoms with Crippen LogP contribution >= 0.6 is 0 Å². The molecule has 2 aromatic rings. The van der Waals surface area contributed by atoms with Crippen molar-refractivity contribution in [3.8, 4) is 17.2 Å². The first-order valence-corrected chi connectivity index (χ1v) is 9.68. The van der Waals surface area contributed by atoms with Gasteiger partial charge in [-0.2, -0.15) is 0 Å². The average Bonchev–Trinajstić information content (AvgIpc) is 2.73. The summed E-state index contributed by atoms with van der Waals surface area (Å²) >= 11 is 0. The fraction of sp³-hybridized carbons (Fsp3) is 0.455. The van der Waals surface area contributed by atoms with E-state index in [0.717, 1.165) is 31.7 Å². The normalized spacial score (nSPS) is 16.5. The molecule has 1 unspecified atom stereocenters. The van der Waals surface area contributed by atoms with Crippen LogP contribution in [0.4, 0.5) is 8.78 Å². The Morgan fingerprint density at radius 3 is 2.03 bits per heavy atom. The van der Waals surface area contributed by atoms with Crippen LogP contribution < -0.4 is 14.2 Å². The zero-order chi connectivity index (χ0) is 21.0. The van der Waals surface area contributed by atoms with Crippen LogP contribution in [0.15, 0.2) is 30.3 Å². The Balaban J connectivity index is 1.67. The van der Waals surface area contributed by atoms with Crippen LogP contribution in [0.1, 0.15) is 24.1 Å². The largest absolute Gasteiger partial charge is 0.493 e. The summed E-state index contributed by atoms with van der Waals surface area (Å²) in [5, 5.41) is 0. The molecule has 1 fully saturated rings. The van der Waals surface area contributed by atoms with Gasteiger partial charge in [0.1, 0.15) is 11.6 Å². The molecule has 0 N–H and O–H groups in total. The van der Waals surface area contributed by atoms with Gasteiger partial charge in [0.25, 0.3) is 0 Å². The Kier molecular flexibility index (Phi) is 6.92. The van der Waals surface area contributed by atoms with Crippen molar-refractivity contribution in [2.24, 2.45) is 0 Å². The van der Waals surface area contributed by atoms with Gasteiger partial charge in [-0.1, -0.05) is 12.1 Å². The molecule has 0 bridgehead atoms. The summed E-state index contributed by atoms with van der Waals surface area (Å²) in [6.45, 7) is 5.58. The Morgan fingerprint density at radius 2 is 1.48 bits per heavy atom. The zero-order valence-corrected chi connectivity index (χ0v) is 17.4. The third-order valence-corrected chi connectivity index (χ3v) is 5.55. The number of rotatable bonds is 7. The highest BCUT2D eigenvalue weighted by atomic mass is 19.1. The Labute approximate surface area is 170 Å². The summed E-state index contributed by atoms with van der Waals surface area (Å²) in [6.07, 6.45) is 0. The number of nitrogens with zero attached hydrogens (tertiary/aromatic N) is 2. The summed E-state index contributed by atoms with van der Waals surface area (Å²) < 4.78 is 44.6. The molecule has 1 heterocycles. The van der Waals surface area contributed by atoms with Crippen LogP contribution in [0, 0.1) is 11.6 Å². The molecule has 0 amide bonds. The van der Waals surface area contributed by atoms with Gasteiger partial charge in [0.15, 0.2) is 11.5 Å². The number of methoxy groups -OCH3 is 3. The zero-order valence-electron chi connectivity index (χ0n) is 17.4. The van der Waals surface area contributed by atoms with E-state index in [2.05, 4.69) is 9.80 Å². The number of benzene rings is 2. The second-order valence-electron chi connectivity index (χ2n) is 7.12. The third-order valence-electron chi connectivity index (χ3n) is 5.55. The third kappa shape index (κ3) is 4.46. The molecule has 0 aromatic heterocycles. The van der Waals surface area contributed by atoms with E-state index in [-0.39, 0.29) is 11.6 Å². The van der Waals surface area contributed by atoms with Gasteiger partial charge >= 0.3 is 0 Å². The van der Waals surface area contributed by atoms with Crippen LogP contribution in [0.25, 0.3) is 0 Å². The fourth-order valence-electron chi connectivity index (χ4n) is 3.93. The molecular formula is C22H28F2N2O3.